The number of amides is 2. The minimum absolute atomic E-state index is 0.0412. The lowest BCUT2D eigenvalue weighted by atomic mass is 10.2. The van der Waals surface area contributed by atoms with Gasteiger partial charge in [0.25, 0.3) is 0 Å². The van der Waals surface area contributed by atoms with Crippen LogP contribution in [0.1, 0.15) is 0 Å². The lowest BCUT2D eigenvalue weighted by Gasteiger charge is -2.29. The predicted molar refractivity (Wildman–Crippen MR) is 82.9 cm³/mol. The number of morpholine rings is 1. The number of urea groups is 1. The van der Waals surface area contributed by atoms with E-state index in [9.17, 15) is 4.79 Å². The Balaban J connectivity index is 1.46. The molecule has 6 heteroatoms. The molecule has 0 saturated carbocycles. The number of nitrogens with zero attached hydrogens (tertiary/aromatic N) is 2. The summed E-state index contributed by atoms with van der Waals surface area (Å²) >= 11 is 0. The molecule has 2 N–H and O–H groups in total. The molecule has 0 unspecified atom stereocenters. The summed E-state index contributed by atoms with van der Waals surface area (Å²) in [6.07, 6.45) is 0. The van der Waals surface area contributed by atoms with Gasteiger partial charge in [0.15, 0.2) is 0 Å². The Hall–Kier alpha value is -1.95. The minimum Gasteiger partial charge on any atom is -0.383 e. The van der Waals surface area contributed by atoms with Crippen molar-refractivity contribution in [2.45, 2.75) is 0 Å². The van der Waals surface area contributed by atoms with Gasteiger partial charge in [0, 0.05) is 50.6 Å². The van der Waals surface area contributed by atoms with Crippen molar-refractivity contribution in [2.75, 3.05) is 62.7 Å². The monoisotopic (exact) mass is 290 g/mol. The first-order valence-electron chi connectivity index (χ1n) is 7.52. The molecule has 0 aliphatic carbocycles. The van der Waals surface area contributed by atoms with Crippen LogP contribution in [0.15, 0.2) is 24.3 Å². The van der Waals surface area contributed by atoms with E-state index in [1.807, 2.05) is 4.90 Å². The van der Waals surface area contributed by atoms with Crippen LogP contribution in [0.5, 0.6) is 0 Å². The summed E-state index contributed by atoms with van der Waals surface area (Å²) in [5.41, 5.74) is 2.33. The Morgan fingerprint density at radius 2 is 1.90 bits per heavy atom. The highest BCUT2D eigenvalue weighted by atomic mass is 16.5. The summed E-state index contributed by atoms with van der Waals surface area (Å²) in [6, 6.07) is 8.50. The number of ether oxygens (including phenoxy) is 1. The molecule has 2 saturated heterocycles. The predicted octanol–water partition coefficient (Wildman–Crippen LogP) is 0.960. The third-order valence-electron chi connectivity index (χ3n) is 3.90. The Bertz CT molecular complexity index is 471. The van der Waals surface area contributed by atoms with E-state index in [0.717, 1.165) is 58.2 Å². The van der Waals surface area contributed by atoms with Gasteiger partial charge in [-0.15, -0.1) is 0 Å². The molecule has 1 aromatic rings. The third-order valence-corrected chi connectivity index (χ3v) is 3.90. The third kappa shape index (κ3) is 3.58. The van der Waals surface area contributed by atoms with E-state index in [0.29, 0.717) is 0 Å². The smallest absolute Gasteiger partial charge is 0.317 e. The highest BCUT2D eigenvalue weighted by molar-refractivity contribution is 5.76. The molecule has 0 radical (unpaired) electrons. The first kappa shape index (κ1) is 14.0. The Morgan fingerprint density at radius 1 is 1.14 bits per heavy atom. The van der Waals surface area contributed by atoms with Gasteiger partial charge in [-0.25, -0.2) is 4.79 Å². The Morgan fingerprint density at radius 3 is 2.57 bits per heavy atom. The van der Waals surface area contributed by atoms with E-state index < -0.39 is 0 Å². The van der Waals surface area contributed by atoms with Crippen LogP contribution in [-0.4, -0.2) is 63.4 Å². The number of rotatable bonds is 5. The zero-order valence-corrected chi connectivity index (χ0v) is 12.2. The van der Waals surface area contributed by atoms with Gasteiger partial charge in [-0.3, -0.25) is 0 Å². The van der Waals surface area contributed by atoms with E-state index in [4.69, 9.17) is 4.74 Å². The quantitative estimate of drug-likeness (QED) is 0.848. The van der Waals surface area contributed by atoms with Crippen LogP contribution in [-0.2, 0) is 4.74 Å². The van der Waals surface area contributed by atoms with Crippen LogP contribution in [0.3, 0.4) is 0 Å². The van der Waals surface area contributed by atoms with Crippen LogP contribution in [0.25, 0.3) is 0 Å². The molecule has 6 nitrogen and oxygen atoms in total. The lowest BCUT2D eigenvalue weighted by Crippen LogP contribution is -2.36. The molecular weight excluding hydrogens is 268 g/mol. The molecule has 0 spiro atoms. The summed E-state index contributed by atoms with van der Waals surface area (Å²) in [5.74, 6) is 0. The zero-order valence-electron chi connectivity index (χ0n) is 12.2. The number of hydrogen-bond donors (Lipinski definition) is 2. The summed E-state index contributed by atoms with van der Waals surface area (Å²) in [6.45, 7) is 6.58. The van der Waals surface area contributed by atoms with Gasteiger partial charge in [-0.2, -0.15) is 0 Å². The van der Waals surface area contributed by atoms with Crippen molar-refractivity contribution >= 4 is 17.4 Å². The fraction of sp³-hybridized carbons (Fsp3) is 0.533. The molecule has 2 amide bonds. The van der Waals surface area contributed by atoms with Gasteiger partial charge in [-0.1, -0.05) is 0 Å². The molecule has 0 bridgehead atoms. The number of carbonyl (C=O) groups excluding carboxylic acids is 1. The first-order valence-corrected chi connectivity index (χ1v) is 7.52. The number of anilines is 2. The number of carbonyl (C=O) groups is 1. The maximum atomic E-state index is 11.4. The van der Waals surface area contributed by atoms with Crippen molar-refractivity contribution in [3.8, 4) is 0 Å². The molecule has 3 rings (SSSR count). The van der Waals surface area contributed by atoms with E-state index >= 15 is 0 Å². The average Bonchev–Trinajstić information content (AvgIpc) is 2.94. The molecule has 1 aromatic carbocycles. The van der Waals surface area contributed by atoms with Crippen molar-refractivity contribution in [3.05, 3.63) is 24.3 Å². The summed E-state index contributed by atoms with van der Waals surface area (Å²) < 4.78 is 5.36. The van der Waals surface area contributed by atoms with Crippen molar-refractivity contribution in [1.82, 2.24) is 10.2 Å². The van der Waals surface area contributed by atoms with Crippen molar-refractivity contribution < 1.29 is 9.53 Å². The molecule has 0 aromatic heterocycles. The minimum atomic E-state index is 0.0412. The topological polar surface area (TPSA) is 56.8 Å². The normalized spacial score (nSPS) is 18.8. The molecule has 21 heavy (non-hydrogen) atoms. The molecule has 114 valence electrons. The van der Waals surface area contributed by atoms with Gasteiger partial charge in [0.2, 0.25) is 0 Å². The second-order valence-corrected chi connectivity index (χ2v) is 5.29. The first-order chi connectivity index (χ1) is 10.3. The van der Waals surface area contributed by atoms with Crippen LogP contribution in [0.2, 0.25) is 0 Å². The van der Waals surface area contributed by atoms with Crippen molar-refractivity contribution in [2.24, 2.45) is 0 Å². The average molecular weight is 290 g/mol. The van der Waals surface area contributed by atoms with Crippen LogP contribution >= 0.6 is 0 Å². The van der Waals surface area contributed by atoms with E-state index in [1.165, 1.54) is 5.69 Å². The molecule has 2 aliphatic heterocycles. The second-order valence-electron chi connectivity index (χ2n) is 5.29. The second kappa shape index (κ2) is 6.67. The molecule has 0 atom stereocenters. The molecule has 2 heterocycles. The summed E-state index contributed by atoms with van der Waals surface area (Å²) in [5, 5.41) is 6.16. The number of nitrogens with one attached hydrogen (secondary N) is 2. The van der Waals surface area contributed by atoms with Crippen LogP contribution in [0.4, 0.5) is 16.2 Å². The highest BCUT2D eigenvalue weighted by Gasteiger charge is 2.18. The van der Waals surface area contributed by atoms with Gasteiger partial charge >= 0.3 is 6.03 Å². The maximum Gasteiger partial charge on any atom is 0.317 e. The summed E-state index contributed by atoms with van der Waals surface area (Å²) in [4.78, 5) is 15.6. The molecule has 2 fully saturated rings. The fourth-order valence-electron chi connectivity index (χ4n) is 2.67. The SMILES string of the molecule is O=C1NCCN1CCNc1ccc(N2CCOCC2)cc1. The lowest BCUT2D eigenvalue weighted by molar-refractivity contribution is 0.122. The van der Waals surface area contributed by atoms with Crippen molar-refractivity contribution in [1.29, 1.82) is 0 Å². The number of hydrogen-bond acceptors (Lipinski definition) is 4. The standard InChI is InChI=1S/C15H22N4O2/c20-15-17-6-8-19(15)7-5-16-13-1-3-14(4-2-13)18-9-11-21-12-10-18/h1-4,16H,5-12H2,(H,17,20). The van der Waals surface area contributed by atoms with Gasteiger partial charge < -0.3 is 25.2 Å². The summed E-state index contributed by atoms with van der Waals surface area (Å²) in [7, 11) is 0. The zero-order chi connectivity index (χ0) is 14.5. The Kier molecular flexibility index (Phi) is 4.45. The van der Waals surface area contributed by atoms with E-state index in [-0.39, 0.29) is 6.03 Å². The van der Waals surface area contributed by atoms with Crippen LogP contribution < -0.4 is 15.5 Å². The maximum absolute atomic E-state index is 11.4. The largest absolute Gasteiger partial charge is 0.383 e. The Labute approximate surface area is 125 Å². The number of benzene rings is 1. The molecule has 2 aliphatic rings. The van der Waals surface area contributed by atoms with Gasteiger partial charge in [0.1, 0.15) is 0 Å². The fourth-order valence-corrected chi connectivity index (χ4v) is 2.67. The molecular formula is C15H22N4O2. The van der Waals surface area contributed by atoms with Crippen LogP contribution in [0, 0.1) is 0 Å². The van der Waals surface area contributed by atoms with Gasteiger partial charge in [0.05, 0.1) is 13.2 Å². The van der Waals surface area contributed by atoms with E-state index in [1.54, 1.807) is 0 Å². The van der Waals surface area contributed by atoms with E-state index in [2.05, 4.69) is 39.8 Å². The van der Waals surface area contributed by atoms with Gasteiger partial charge in [-0.05, 0) is 24.3 Å². The van der Waals surface area contributed by atoms with Crippen molar-refractivity contribution in [3.63, 3.8) is 0 Å². The highest BCUT2D eigenvalue weighted by Crippen LogP contribution is 2.18.